The molecule has 0 radical (unpaired) electrons. The summed E-state index contributed by atoms with van der Waals surface area (Å²) in [5.41, 5.74) is 0. The van der Waals surface area contributed by atoms with E-state index in [4.69, 9.17) is 0 Å². The quantitative estimate of drug-likeness (QED) is 0.364. The van der Waals surface area contributed by atoms with Crippen LogP contribution in [0, 0.1) is 0 Å². The summed E-state index contributed by atoms with van der Waals surface area (Å²) in [4.78, 5) is 0.467. The molecule has 24 heavy (non-hydrogen) atoms. The maximum atomic E-state index is 3.84. The Morgan fingerprint density at radius 1 is 0.667 bits per heavy atom. The van der Waals surface area contributed by atoms with E-state index in [-0.39, 0.29) is 17.0 Å². The van der Waals surface area contributed by atoms with E-state index in [1.54, 1.807) is 0 Å². The van der Waals surface area contributed by atoms with Crippen molar-refractivity contribution in [3.63, 3.8) is 0 Å². The molecular weight excluding hydrogens is 443 g/mol. The summed E-state index contributed by atoms with van der Waals surface area (Å²) in [5.74, 6) is 0. The van der Waals surface area contributed by atoms with Crippen LogP contribution in [0.5, 0.6) is 0 Å². The topological polar surface area (TPSA) is 0 Å². The van der Waals surface area contributed by atoms with E-state index in [0.717, 1.165) is 6.16 Å². The fourth-order valence-corrected chi connectivity index (χ4v) is 9.74. The Bertz CT molecular complexity index is 631. The second kappa shape index (κ2) is 8.94. The monoisotopic (exact) mass is 464 g/mol. The second-order valence-corrected chi connectivity index (χ2v) is 11.5. The van der Waals surface area contributed by atoms with Crippen molar-refractivity contribution in [3.05, 3.63) is 91.0 Å². The first-order chi connectivity index (χ1) is 11.2. The molecule has 0 spiro atoms. The standard InChI is InChI=1S/C21H22BrP.BrH/c1-18(22)17-23(19-11-5-2-6-12-19,20-13-7-3-8-14-20)21-15-9-4-10-16-21;/h2-16,18,23H,17H2,1H3;1H. The Balaban J connectivity index is 0.00000208. The van der Waals surface area contributed by atoms with Crippen molar-refractivity contribution >= 4 is 56.1 Å². The zero-order chi connectivity index (χ0) is 16.1. The first kappa shape index (κ1) is 19.4. The molecule has 0 nitrogen and oxygen atoms in total. The normalized spacial score (nSPS) is 12.9. The van der Waals surface area contributed by atoms with Crippen LogP contribution in [-0.4, -0.2) is 11.0 Å². The van der Waals surface area contributed by atoms with Crippen LogP contribution in [0.25, 0.3) is 0 Å². The van der Waals surface area contributed by atoms with Gasteiger partial charge < -0.3 is 0 Å². The molecule has 3 heteroatoms. The summed E-state index contributed by atoms with van der Waals surface area (Å²) < 4.78 is 0. The summed E-state index contributed by atoms with van der Waals surface area (Å²) in [5, 5.41) is 4.43. The molecule has 1 unspecified atom stereocenters. The third-order valence-corrected chi connectivity index (χ3v) is 10.5. The molecule has 0 aliphatic heterocycles. The first-order valence-corrected chi connectivity index (χ1v) is 11.2. The van der Waals surface area contributed by atoms with Crippen molar-refractivity contribution in [2.75, 3.05) is 6.16 Å². The average Bonchev–Trinajstić information content (AvgIpc) is 2.62. The molecule has 0 aliphatic rings. The molecular formula is C21H23Br2P. The van der Waals surface area contributed by atoms with Crippen LogP contribution < -0.4 is 15.9 Å². The fourth-order valence-electron chi connectivity index (χ4n) is 3.44. The number of benzene rings is 3. The van der Waals surface area contributed by atoms with E-state index < -0.39 is 7.26 Å². The van der Waals surface area contributed by atoms with Gasteiger partial charge in [0.25, 0.3) is 0 Å². The van der Waals surface area contributed by atoms with Crippen LogP contribution in [-0.2, 0) is 0 Å². The van der Waals surface area contributed by atoms with Crippen molar-refractivity contribution in [2.45, 2.75) is 11.8 Å². The van der Waals surface area contributed by atoms with Gasteiger partial charge in [0, 0.05) is 0 Å². The van der Waals surface area contributed by atoms with Crippen molar-refractivity contribution in [1.29, 1.82) is 0 Å². The predicted octanol–water partition coefficient (Wildman–Crippen LogP) is 5.07. The van der Waals surface area contributed by atoms with Crippen LogP contribution in [0.1, 0.15) is 6.92 Å². The predicted molar refractivity (Wildman–Crippen MR) is 120 cm³/mol. The van der Waals surface area contributed by atoms with E-state index in [2.05, 4.69) is 114 Å². The van der Waals surface area contributed by atoms with Crippen LogP contribution in [0.3, 0.4) is 0 Å². The molecule has 0 saturated carbocycles. The second-order valence-electron chi connectivity index (χ2n) is 5.99. The molecule has 0 aromatic heterocycles. The number of hydrogen-bond acceptors (Lipinski definition) is 0. The third kappa shape index (κ3) is 3.99. The first-order valence-electron chi connectivity index (χ1n) is 8.04. The number of rotatable bonds is 5. The Kier molecular flexibility index (Phi) is 7.22. The van der Waals surface area contributed by atoms with Gasteiger partial charge in [0.05, 0.1) is 0 Å². The molecule has 0 saturated heterocycles. The van der Waals surface area contributed by atoms with Crippen LogP contribution in [0.4, 0.5) is 0 Å². The maximum absolute atomic E-state index is 3.84. The van der Waals surface area contributed by atoms with E-state index in [0.29, 0.717) is 4.83 Å². The zero-order valence-corrected chi connectivity index (χ0v) is 18.0. The molecule has 0 heterocycles. The molecule has 0 fully saturated rings. The van der Waals surface area contributed by atoms with Gasteiger partial charge in [-0.3, -0.25) is 0 Å². The number of alkyl halides is 1. The summed E-state index contributed by atoms with van der Waals surface area (Å²) in [7, 11) is -2.03. The van der Waals surface area contributed by atoms with Crippen molar-refractivity contribution in [3.8, 4) is 0 Å². The fraction of sp³-hybridized carbons (Fsp3) is 0.143. The van der Waals surface area contributed by atoms with E-state index in [1.165, 1.54) is 15.9 Å². The molecule has 126 valence electrons. The molecule has 1 atom stereocenters. The van der Waals surface area contributed by atoms with Crippen molar-refractivity contribution < 1.29 is 0 Å². The van der Waals surface area contributed by atoms with Crippen molar-refractivity contribution in [1.82, 2.24) is 0 Å². The van der Waals surface area contributed by atoms with Gasteiger partial charge in [0.2, 0.25) is 0 Å². The molecule has 3 aromatic carbocycles. The molecule has 3 aromatic rings. The van der Waals surface area contributed by atoms with Crippen LogP contribution in [0.15, 0.2) is 91.0 Å². The van der Waals surface area contributed by atoms with Crippen molar-refractivity contribution in [2.24, 2.45) is 0 Å². The van der Waals surface area contributed by atoms with Gasteiger partial charge in [-0.05, 0) is 0 Å². The van der Waals surface area contributed by atoms with Crippen LogP contribution >= 0.6 is 40.2 Å². The minimum absolute atomic E-state index is 0. The van der Waals surface area contributed by atoms with Crippen LogP contribution in [0.2, 0.25) is 0 Å². The molecule has 3 rings (SSSR count). The summed E-state index contributed by atoms with van der Waals surface area (Å²) in [6.07, 6.45) is 1.14. The summed E-state index contributed by atoms with van der Waals surface area (Å²) in [6.45, 7) is 2.26. The van der Waals surface area contributed by atoms with Gasteiger partial charge in [0.15, 0.2) is 0 Å². The van der Waals surface area contributed by atoms with Gasteiger partial charge in [0.1, 0.15) is 0 Å². The average molecular weight is 466 g/mol. The Hall–Kier alpha value is -0.950. The Morgan fingerprint density at radius 2 is 0.958 bits per heavy atom. The Morgan fingerprint density at radius 3 is 1.21 bits per heavy atom. The SMILES string of the molecule is Br.CC(Br)C[PH](c1ccccc1)(c1ccccc1)c1ccccc1. The van der Waals surface area contributed by atoms with Gasteiger partial charge in [-0.1, -0.05) is 0 Å². The zero-order valence-electron chi connectivity index (χ0n) is 13.7. The molecule has 0 N–H and O–H groups in total. The van der Waals surface area contributed by atoms with Gasteiger partial charge in [-0.2, -0.15) is 0 Å². The molecule has 0 amide bonds. The number of hydrogen-bond donors (Lipinski definition) is 0. The van der Waals surface area contributed by atoms with Gasteiger partial charge >= 0.3 is 148 Å². The summed E-state index contributed by atoms with van der Waals surface area (Å²) in [6, 6.07) is 33.2. The molecule has 0 bridgehead atoms. The Labute approximate surface area is 164 Å². The summed E-state index contributed by atoms with van der Waals surface area (Å²) >= 11 is 3.84. The van der Waals surface area contributed by atoms with Gasteiger partial charge in [-0.15, -0.1) is 17.0 Å². The van der Waals surface area contributed by atoms with Gasteiger partial charge in [-0.25, -0.2) is 0 Å². The van der Waals surface area contributed by atoms with E-state index >= 15 is 0 Å². The minimum atomic E-state index is -2.03. The van der Waals surface area contributed by atoms with E-state index in [9.17, 15) is 0 Å². The molecule has 0 aliphatic carbocycles. The van der Waals surface area contributed by atoms with E-state index in [1.807, 2.05) is 0 Å². The number of halogens is 2. The third-order valence-electron chi connectivity index (χ3n) is 4.39.